The molecule has 0 unspecified atom stereocenters. The Morgan fingerprint density at radius 3 is 2.62 bits per heavy atom. The van der Waals surface area contributed by atoms with Crippen LogP contribution < -0.4 is 0 Å². The average Bonchev–Trinajstić information content (AvgIpc) is 2.45. The van der Waals surface area contributed by atoms with Crippen LogP contribution in [0.2, 0.25) is 0 Å². The Hall–Kier alpha value is -1.31. The Labute approximate surface area is 78.7 Å². The van der Waals surface area contributed by atoms with Gasteiger partial charge in [0, 0.05) is 18.2 Å². The number of fused-ring (bicyclic) bond motifs is 1. The molecule has 1 aliphatic heterocycles. The summed E-state index contributed by atoms with van der Waals surface area (Å²) >= 11 is 0. The largest absolute Gasteiger partial charge is 0.350 e. The van der Waals surface area contributed by atoms with Crippen LogP contribution in [0.5, 0.6) is 0 Å². The third kappa shape index (κ3) is 1.22. The van der Waals surface area contributed by atoms with Gasteiger partial charge < -0.3 is 4.90 Å². The lowest BCUT2D eigenvalue weighted by Crippen LogP contribution is -2.30. The summed E-state index contributed by atoms with van der Waals surface area (Å²) in [5, 5.41) is 7.94. The Morgan fingerprint density at radius 2 is 2.00 bits per heavy atom. The molecule has 0 atom stereocenters. The van der Waals surface area contributed by atoms with Gasteiger partial charge in [0.05, 0.1) is 0 Å². The molecule has 1 aromatic rings. The van der Waals surface area contributed by atoms with Crippen LogP contribution in [0, 0.1) is 5.41 Å². The molecule has 1 aromatic carbocycles. The van der Waals surface area contributed by atoms with Crippen LogP contribution in [0.3, 0.4) is 0 Å². The van der Waals surface area contributed by atoms with Crippen molar-refractivity contribution in [2.75, 3.05) is 0 Å². The van der Waals surface area contributed by atoms with Crippen molar-refractivity contribution in [3.05, 3.63) is 35.4 Å². The molecule has 1 heterocycles. The molecule has 0 aliphatic carbocycles. The maximum atomic E-state index is 7.94. The molecule has 0 saturated carbocycles. The normalized spacial score (nSPS) is 15.3. The van der Waals surface area contributed by atoms with Gasteiger partial charge in [0.2, 0.25) is 0 Å². The highest BCUT2D eigenvalue weighted by atomic mass is 15.2. The lowest BCUT2D eigenvalue weighted by Gasteiger charge is -2.22. The molecule has 0 bridgehead atoms. The first kappa shape index (κ1) is 8.30. The Balaban J connectivity index is 2.38. The minimum absolute atomic E-state index is 0.417. The van der Waals surface area contributed by atoms with Crippen LogP contribution in [0.25, 0.3) is 0 Å². The van der Waals surface area contributed by atoms with E-state index >= 15 is 0 Å². The van der Waals surface area contributed by atoms with Crippen molar-refractivity contribution in [3.63, 3.8) is 0 Å². The van der Waals surface area contributed by atoms with E-state index in [-0.39, 0.29) is 0 Å². The summed E-state index contributed by atoms with van der Waals surface area (Å²) in [6.45, 7) is 5.15. The van der Waals surface area contributed by atoms with Gasteiger partial charge in [-0.05, 0) is 19.4 Å². The standard InChI is InChI=1S/C11H14N2/c1-8(2)13-7-9-5-3-4-6-10(9)11(13)12/h3-6,8,12H,7H2,1-2H3. The van der Waals surface area contributed by atoms with E-state index in [1.165, 1.54) is 5.56 Å². The van der Waals surface area contributed by atoms with Gasteiger partial charge in [-0.3, -0.25) is 5.41 Å². The van der Waals surface area contributed by atoms with E-state index in [0.29, 0.717) is 11.9 Å². The Morgan fingerprint density at radius 1 is 1.31 bits per heavy atom. The fourth-order valence-corrected chi connectivity index (χ4v) is 1.75. The maximum Gasteiger partial charge on any atom is 0.128 e. The molecule has 0 radical (unpaired) electrons. The van der Waals surface area contributed by atoms with Crippen molar-refractivity contribution >= 4 is 5.84 Å². The van der Waals surface area contributed by atoms with Gasteiger partial charge in [0.25, 0.3) is 0 Å². The summed E-state index contributed by atoms with van der Waals surface area (Å²) in [7, 11) is 0. The molecular formula is C11H14N2. The summed E-state index contributed by atoms with van der Waals surface area (Å²) in [4.78, 5) is 2.12. The van der Waals surface area contributed by atoms with Crippen molar-refractivity contribution in [2.45, 2.75) is 26.4 Å². The molecule has 0 spiro atoms. The van der Waals surface area contributed by atoms with Crippen LogP contribution in [-0.4, -0.2) is 16.8 Å². The molecule has 0 amide bonds. The van der Waals surface area contributed by atoms with Gasteiger partial charge in [-0.15, -0.1) is 0 Å². The highest BCUT2D eigenvalue weighted by Gasteiger charge is 2.24. The molecule has 1 aliphatic rings. The summed E-state index contributed by atoms with van der Waals surface area (Å²) in [5.41, 5.74) is 2.37. The highest BCUT2D eigenvalue weighted by molar-refractivity contribution is 6.00. The van der Waals surface area contributed by atoms with Crippen LogP contribution >= 0.6 is 0 Å². The van der Waals surface area contributed by atoms with E-state index in [9.17, 15) is 0 Å². The second kappa shape index (κ2) is 2.87. The van der Waals surface area contributed by atoms with Crippen molar-refractivity contribution < 1.29 is 0 Å². The van der Waals surface area contributed by atoms with Crippen molar-refractivity contribution in [2.24, 2.45) is 0 Å². The zero-order valence-corrected chi connectivity index (χ0v) is 8.04. The first-order valence-electron chi connectivity index (χ1n) is 4.63. The fraction of sp³-hybridized carbons (Fsp3) is 0.364. The number of benzene rings is 1. The zero-order valence-electron chi connectivity index (χ0n) is 8.04. The van der Waals surface area contributed by atoms with E-state index in [0.717, 1.165) is 12.1 Å². The van der Waals surface area contributed by atoms with Crippen LogP contribution in [0.4, 0.5) is 0 Å². The van der Waals surface area contributed by atoms with Crippen molar-refractivity contribution in [3.8, 4) is 0 Å². The monoisotopic (exact) mass is 174 g/mol. The number of hydrogen-bond donors (Lipinski definition) is 1. The number of rotatable bonds is 1. The molecule has 2 rings (SSSR count). The van der Waals surface area contributed by atoms with Gasteiger partial charge in [0.15, 0.2) is 0 Å². The van der Waals surface area contributed by atoms with E-state index < -0.39 is 0 Å². The molecule has 13 heavy (non-hydrogen) atoms. The highest BCUT2D eigenvalue weighted by Crippen LogP contribution is 2.23. The van der Waals surface area contributed by atoms with E-state index in [1.807, 2.05) is 18.2 Å². The number of amidine groups is 1. The summed E-state index contributed by atoms with van der Waals surface area (Å²) in [6, 6.07) is 8.58. The number of nitrogens with one attached hydrogen (secondary N) is 1. The van der Waals surface area contributed by atoms with Gasteiger partial charge in [0.1, 0.15) is 5.84 Å². The number of nitrogens with zero attached hydrogens (tertiary/aromatic N) is 1. The number of hydrogen-bond acceptors (Lipinski definition) is 1. The molecule has 0 fully saturated rings. The zero-order chi connectivity index (χ0) is 9.42. The van der Waals surface area contributed by atoms with Crippen LogP contribution in [-0.2, 0) is 6.54 Å². The first-order chi connectivity index (χ1) is 6.20. The molecule has 2 nitrogen and oxygen atoms in total. The molecule has 2 heteroatoms. The Bertz CT molecular complexity index is 342. The van der Waals surface area contributed by atoms with Gasteiger partial charge in [-0.25, -0.2) is 0 Å². The fourth-order valence-electron chi connectivity index (χ4n) is 1.75. The minimum Gasteiger partial charge on any atom is -0.350 e. The van der Waals surface area contributed by atoms with E-state index in [2.05, 4.69) is 24.8 Å². The van der Waals surface area contributed by atoms with E-state index in [4.69, 9.17) is 5.41 Å². The molecule has 0 saturated heterocycles. The predicted molar refractivity (Wildman–Crippen MR) is 53.9 cm³/mol. The van der Waals surface area contributed by atoms with E-state index in [1.54, 1.807) is 0 Å². The second-order valence-corrected chi connectivity index (χ2v) is 3.73. The van der Waals surface area contributed by atoms with Gasteiger partial charge in [-0.1, -0.05) is 24.3 Å². The first-order valence-corrected chi connectivity index (χ1v) is 4.63. The van der Waals surface area contributed by atoms with Gasteiger partial charge >= 0.3 is 0 Å². The van der Waals surface area contributed by atoms with Crippen LogP contribution in [0.15, 0.2) is 24.3 Å². The average molecular weight is 174 g/mol. The topological polar surface area (TPSA) is 27.1 Å². The van der Waals surface area contributed by atoms with Gasteiger partial charge in [-0.2, -0.15) is 0 Å². The van der Waals surface area contributed by atoms with Crippen LogP contribution in [0.1, 0.15) is 25.0 Å². The third-order valence-electron chi connectivity index (χ3n) is 2.52. The molecule has 68 valence electrons. The summed E-state index contributed by atoms with van der Waals surface area (Å²) < 4.78 is 0. The quantitative estimate of drug-likeness (QED) is 0.694. The lowest BCUT2D eigenvalue weighted by molar-refractivity contribution is 0.355. The van der Waals surface area contributed by atoms with Crippen molar-refractivity contribution in [1.29, 1.82) is 5.41 Å². The third-order valence-corrected chi connectivity index (χ3v) is 2.52. The summed E-state index contributed by atoms with van der Waals surface area (Å²) in [5.74, 6) is 0.672. The Kier molecular flexibility index (Phi) is 1.83. The molecule has 0 aromatic heterocycles. The van der Waals surface area contributed by atoms with Crippen molar-refractivity contribution in [1.82, 2.24) is 4.90 Å². The minimum atomic E-state index is 0.417. The predicted octanol–water partition coefficient (Wildman–Crippen LogP) is 2.24. The second-order valence-electron chi connectivity index (χ2n) is 3.73. The molecular weight excluding hydrogens is 160 g/mol. The summed E-state index contributed by atoms with van der Waals surface area (Å²) in [6.07, 6.45) is 0. The molecule has 1 N–H and O–H groups in total. The lowest BCUT2D eigenvalue weighted by atomic mass is 10.1. The smallest absolute Gasteiger partial charge is 0.128 e. The SMILES string of the molecule is CC(C)N1Cc2ccccc2C1=N. The maximum absolute atomic E-state index is 7.94.